The van der Waals surface area contributed by atoms with Crippen LogP contribution in [0.25, 0.3) is 0 Å². The minimum Gasteiger partial charge on any atom is -0.349 e. The number of hydrogen-bond acceptors (Lipinski definition) is 1. The molecule has 0 fully saturated rings. The Hall–Kier alpha value is -0.800. The number of rotatable bonds is 7. The molecule has 1 rings (SSSR count). The van der Waals surface area contributed by atoms with E-state index in [4.69, 9.17) is 23.8 Å². The smallest absolute Gasteiger partial charge is 0.173 e. The molecular weight excluding hydrogens is 288 g/mol. The van der Waals surface area contributed by atoms with Gasteiger partial charge >= 0.3 is 0 Å². The van der Waals surface area contributed by atoms with Crippen LogP contribution in [0.4, 0.5) is 5.69 Å². The molecule has 0 aliphatic carbocycles. The van der Waals surface area contributed by atoms with E-state index >= 15 is 0 Å². The first kappa shape index (κ1) is 17.3. The van der Waals surface area contributed by atoms with Crippen LogP contribution in [0.5, 0.6) is 0 Å². The molecular formula is C16H25ClN2S. The molecule has 4 heteroatoms. The Labute approximate surface area is 133 Å². The fourth-order valence-corrected chi connectivity index (χ4v) is 2.40. The van der Waals surface area contributed by atoms with E-state index in [1.807, 2.05) is 18.2 Å². The maximum Gasteiger partial charge on any atom is 0.173 e. The molecule has 0 unspecified atom stereocenters. The van der Waals surface area contributed by atoms with E-state index in [9.17, 15) is 0 Å². The van der Waals surface area contributed by atoms with Crippen molar-refractivity contribution in [3.05, 3.63) is 28.8 Å². The first-order chi connectivity index (χ1) is 9.58. The Kier molecular flexibility index (Phi) is 7.93. The molecule has 2 nitrogen and oxygen atoms in total. The fourth-order valence-electron chi connectivity index (χ4n) is 1.94. The lowest BCUT2D eigenvalue weighted by molar-refractivity contribution is 0.403. The number of benzene rings is 1. The van der Waals surface area contributed by atoms with Crippen molar-refractivity contribution in [3.63, 3.8) is 0 Å². The van der Waals surface area contributed by atoms with Gasteiger partial charge < -0.3 is 10.2 Å². The third-order valence-corrected chi connectivity index (χ3v) is 3.89. The van der Waals surface area contributed by atoms with Gasteiger partial charge in [0, 0.05) is 23.8 Å². The molecule has 0 heterocycles. The van der Waals surface area contributed by atoms with Gasteiger partial charge in [0.1, 0.15) is 0 Å². The summed E-state index contributed by atoms with van der Waals surface area (Å²) in [5.74, 6) is 0. The summed E-state index contributed by atoms with van der Waals surface area (Å²) in [6, 6.07) is 5.84. The first-order valence-corrected chi connectivity index (χ1v) is 8.19. The number of thiocarbonyl (C=S) groups is 1. The van der Waals surface area contributed by atoms with Crippen molar-refractivity contribution < 1.29 is 0 Å². The van der Waals surface area contributed by atoms with Crippen molar-refractivity contribution in [2.45, 2.75) is 46.5 Å². The van der Waals surface area contributed by atoms with E-state index in [1.165, 1.54) is 25.7 Å². The Morgan fingerprint density at radius 1 is 1.20 bits per heavy atom. The van der Waals surface area contributed by atoms with Gasteiger partial charge in [0.05, 0.1) is 0 Å². The van der Waals surface area contributed by atoms with E-state index in [2.05, 4.69) is 31.0 Å². The van der Waals surface area contributed by atoms with E-state index in [0.29, 0.717) is 0 Å². The highest BCUT2D eigenvalue weighted by molar-refractivity contribution is 7.80. The van der Waals surface area contributed by atoms with E-state index in [1.54, 1.807) is 0 Å². The molecule has 112 valence electrons. The van der Waals surface area contributed by atoms with Crippen LogP contribution in [0.1, 0.15) is 45.1 Å². The van der Waals surface area contributed by atoms with Crippen molar-refractivity contribution in [2.75, 3.05) is 18.4 Å². The number of unbranched alkanes of at least 4 members (excludes halogenated alkanes) is 2. The van der Waals surface area contributed by atoms with Crippen LogP contribution in [0, 0.1) is 6.92 Å². The SMILES string of the molecule is CCCCN(CCCC)C(=S)Nc1cc(Cl)ccc1C. The second-order valence-corrected chi connectivity index (χ2v) is 5.91. The third kappa shape index (κ3) is 5.68. The summed E-state index contributed by atoms with van der Waals surface area (Å²) >= 11 is 11.6. The largest absolute Gasteiger partial charge is 0.349 e. The molecule has 0 amide bonds. The highest BCUT2D eigenvalue weighted by Gasteiger charge is 2.10. The molecule has 1 aromatic rings. The second-order valence-electron chi connectivity index (χ2n) is 5.08. The van der Waals surface area contributed by atoms with Crippen molar-refractivity contribution in [2.24, 2.45) is 0 Å². The second kappa shape index (κ2) is 9.19. The van der Waals surface area contributed by atoms with Crippen molar-refractivity contribution in [3.8, 4) is 0 Å². The maximum atomic E-state index is 6.05. The van der Waals surface area contributed by atoms with E-state index in [0.717, 1.165) is 34.5 Å². The first-order valence-electron chi connectivity index (χ1n) is 7.40. The Balaban J connectivity index is 2.70. The Bertz CT molecular complexity index is 426. The molecule has 0 aromatic heterocycles. The normalized spacial score (nSPS) is 10.4. The van der Waals surface area contributed by atoms with Crippen LogP contribution < -0.4 is 5.32 Å². The predicted octanol–water partition coefficient (Wildman–Crippen LogP) is 5.25. The summed E-state index contributed by atoms with van der Waals surface area (Å²) in [5, 5.41) is 4.88. The number of nitrogens with zero attached hydrogens (tertiary/aromatic N) is 1. The Morgan fingerprint density at radius 2 is 1.80 bits per heavy atom. The van der Waals surface area contributed by atoms with Gasteiger partial charge in [-0.15, -0.1) is 0 Å². The van der Waals surface area contributed by atoms with Crippen molar-refractivity contribution in [1.29, 1.82) is 0 Å². The van der Waals surface area contributed by atoms with Gasteiger partial charge in [0.2, 0.25) is 0 Å². The quantitative estimate of drug-likeness (QED) is 0.692. The topological polar surface area (TPSA) is 15.3 Å². The summed E-state index contributed by atoms with van der Waals surface area (Å²) in [6.07, 6.45) is 4.70. The van der Waals surface area contributed by atoms with Crippen LogP contribution in [-0.2, 0) is 0 Å². The van der Waals surface area contributed by atoms with Gasteiger partial charge in [-0.05, 0) is 49.7 Å². The van der Waals surface area contributed by atoms with Crippen LogP contribution in [-0.4, -0.2) is 23.1 Å². The zero-order chi connectivity index (χ0) is 15.0. The van der Waals surface area contributed by atoms with Crippen molar-refractivity contribution in [1.82, 2.24) is 4.90 Å². The molecule has 0 saturated carbocycles. The molecule has 0 aliphatic heterocycles. The highest BCUT2D eigenvalue weighted by Crippen LogP contribution is 2.20. The average molecular weight is 313 g/mol. The Morgan fingerprint density at radius 3 is 2.35 bits per heavy atom. The summed E-state index contributed by atoms with van der Waals surface area (Å²) in [5.41, 5.74) is 2.16. The zero-order valence-corrected chi connectivity index (χ0v) is 14.3. The predicted molar refractivity (Wildman–Crippen MR) is 93.8 cm³/mol. The van der Waals surface area contributed by atoms with Crippen LogP contribution in [0.2, 0.25) is 5.02 Å². The van der Waals surface area contributed by atoms with Gasteiger partial charge in [-0.25, -0.2) is 0 Å². The molecule has 0 saturated heterocycles. The number of aryl methyl sites for hydroxylation is 1. The van der Waals surface area contributed by atoms with Crippen LogP contribution in [0.3, 0.4) is 0 Å². The van der Waals surface area contributed by atoms with Crippen molar-refractivity contribution >= 4 is 34.6 Å². The van der Waals surface area contributed by atoms with Crippen LogP contribution in [0.15, 0.2) is 18.2 Å². The molecule has 0 bridgehead atoms. The van der Waals surface area contributed by atoms with Gasteiger partial charge in [0.15, 0.2) is 5.11 Å². The van der Waals surface area contributed by atoms with E-state index < -0.39 is 0 Å². The van der Waals surface area contributed by atoms with Gasteiger partial charge in [-0.2, -0.15) is 0 Å². The molecule has 0 spiro atoms. The third-order valence-electron chi connectivity index (χ3n) is 3.29. The highest BCUT2D eigenvalue weighted by atomic mass is 35.5. The summed E-state index contributed by atoms with van der Waals surface area (Å²) < 4.78 is 0. The number of nitrogens with one attached hydrogen (secondary N) is 1. The molecule has 0 atom stereocenters. The van der Waals surface area contributed by atoms with Crippen LogP contribution >= 0.6 is 23.8 Å². The number of hydrogen-bond donors (Lipinski definition) is 1. The molecule has 0 aliphatic rings. The minimum absolute atomic E-state index is 0.731. The van der Waals surface area contributed by atoms with Gasteiger partial charge in [-0.3, -0.25) is 0 Å². The fraction of sp³-hybridized carbons (Fsp3) is 0.562. The van der Waals surface area contributed by atoms with Gasteiger partial charge in [-0.1, -0.05) is 44.4 Å². The summed E-state index contributed by atoms with van der Waals surface area (Å²) in [7, 11) is 0. The molecule has 1 aromatic carbocycles. The van der Waals surface area contributed by atoms with Gasteiger partial charge in [0.25, 0.3) is 0 Å². The monoisotopic (exact) mass is 312 g/mol. The molecule has 1 N–H and O–H groups in total. The summed E-state index contributed by atoms with van der Waals surface area (Å²) in [6.45, 7) is 8.50. The molecule has 0 radical (unpaired) electrons. The molecule has 20 heavy (non-hydrogen) atoms. The lowest BCUT2D eigenvalue weighted by atomic mass is 10.2. The number of halogens is 1. The maximum absolute atomic E-state index is 6.05. The zero-order valence-electron chi connectivity index (χ0n) is 12.7. The lowest BCUT2D eigenvalue weighted by Crippen LogP contribution is -2.36. The average Bonchev–Trinajstić information content (AvgIpc) is 2.43. The lowest BCUT2D eigenvalue weighted by Gasteiger charge is -2.26. The van der Waals surface area contributed by atoms with E-state index in [-0.39, 0.29) is 0 Å². The minimum atomic E-state index is 0.731. The standard InChI is InChI=1S/C16H25ClN2S/c1-4-6-10-19(11-7-5-2)16(20)18-15-12-14(17)9-8-13(15)3/h8-9,12H,4-7,10-11H2,1-3H3,(H,18,20). The number of anilines is 1. The summed E-state index contributed by atoms with van der Waals surface area (Å²) in [4.78, 5) is 2.27.